The molecule has 2 rings (SSSR count). The third-order valence-electron chi connectivity index (χ3n) is 2.82. The molecule has 0 amide bonds. The summed E-state index contributed by atoms with van der Waals surface area (Å²) < 4.78 is 1.72. The van der Waals surface area contributed by atoms with Gasteiger partial charge in [0.2, 0.25) is 0 Å². The van der Waals surface area contributed by atoms with Gasteiger partial charge in [-0.05, 0) is 24.6 Å². The molecule has 0 atom stereocenters. The molecule has 0 radical (unpaired) electrons. The van der Waals surface area contributed by atoms with E-state index in [-0.39, 0.29) is 5.78 Å². The van der Waals surface area contributed by atoms with E-state index in [1.165, 1.54) is 0 Å². The van der Waals surface area contributed by atoms with Crippen LogP contribution in [0.15, 0.2) is 18.2 Å². The molecule has 0 N–H and O–H groups in total. The van der Waals surface area contributed by atoms with Crippen LogP contribution >= 0.6 is 0 Å². The maximum atomic E-state index is 11.7. The maximum absolute atomic E-state index is 11.7. The summed E-state index contributed by atoms with van der Waals surface area (Å²) in [6.45, 7) is 1.97. The Bertz CT molecular complexity index is 584. The molecule has 0 spiro atoms. The highest BCUT2D eigenvalue weighted by Crippen LogP contribution is 2.17. The second kappa shape index (κ2) is 4.49. The quantitative estimate of drug-likeness (QED) is 0.598. The van der Waals surface area contributed by atoms with Crippen LogP contribution in [0.25, 0.3) is 11.0 Å². The zero-order chi connectivity index (χ0) is 12.4. The van der Waals surface area contributed by atoms with Crippen LogP contribution in [0.5, 0.6) is 0 Å². The molecule has 4 heteroatoms. The molecule has 0 unspecified atom stereocenters. The highest BCUT2D eigenvalue weighted by molar-refractivity contribution is 5.99. The number of aldehydes is 1. The van der Waals surface area contributed by atoms with Gasteiger partial charge in [0.05, 0.1) is 11.0 Å². The molecule has 0 saturated carbocycles. The summed E-state index contributed by atoms with van der Waals surface area (Å²) >= 11 is 0. The summed E-state index contributed by atoms with van der Waals surface area (Å²) in [6.07, 6.45) is 2.09. The van der Waals surface area contributed by atoms with Crippen molar-refractivity contribution < 1.29 is 9.59 Å². The number of aryl methyl sites for hydroxylation is 1. The third kappa shape index (κ3) is 1.98. The van der Waals surface area contributed by atoms with Crippen molar-refractivity contribution in [2.75, 3.05) is 0 Å². The van der Waals surface area contributed by atoms with Crippen LogP contribution in [0, 0.1) is 0 Å². The topological polar surface area (TPSA) is 52.0 Å². The monoisotopic (exact) mass is 230 g/mol. The van der Waals surface area contributed by atoms with Crippen LogP contribution in [-0.2, 0) is 7.05 Å². The minimum Gasteiger partial charge on any atom is -0.325 e. The molecule has 2 aromatic rings. The van der Waals surface area contributed by atoms with Crippen LogP contribution in [0.4, 0.5) is 0 Å². The van der Waals surface area contributed by atoms with E-state index in [9.17, 15) is 9.59 Å². The number of Topliss-reactive ketones (excluding diaryl/α,β-unsaturated/α-hetero) is 1. The fraction of sp³-hybridized carbons (Fsp3) is 0.308. The maximum Gasteiger partial charge on any atom is 0.185 e. The first-order valence-electron chi connectivity index (χ1n) is 5.62. The van der Waals surface area contributed by atoms with Gasteiger partial charge in [-0.3, -0.25) is 9.59 Å². The standard InChI is InChI=1S/C13H14N2O2/c1-3-4-12(17)9-5-6-11-10(7-9)14-13(8-16)15(11)2/h5-8H,3-4H2,1-2H3. The number of imidazole rings is 1. The molecule has 0 bridgehead atoms. The Morgan fingerprint density at radius 1 is 1.47 bits per heavy atom. The van der Waals surface area contributed by atoms with Crippen molar-refractivity contribution in [3.8, 4) is 0 Å². The molecule has 1 aromatic heterocycles. The highest BCUT2D eigenvalue weighted by Gasteiger charge is 2.10. The van der Waals surface area contributed by atoms with Crippen molar-refractivity contribution in [1.82, 2.24) is 9.55 Å². The summed E-state index contributed by atoms with van der Waals surface area (Å²) in [5, 5.41) is 0. The predicted molar refractivity (Wildman–Crippen MR) is 65.3 cm³/mol. The molecule has 1 heterocycles. The van der Waals surface area contributed by atoms with Crippen molar-refractivity contribution in [2.45, 2.75) is 19.8 Å². The lowest BCUT2D eigenvalue weighted by atomic mass is 10.1. The second-order valence-electron chi connectivity index (χ2n) is 4.02. The number of rotatable bonds is 4. The first kappa shape index (κ1) is 11.5. The Hall–Kier alpha value is -1.97. The van der Waals surface area contributed by atoms with E-state index in [2.05, 4.69) is 4.98 Å². The van der Waals surface area contributed by atoms with Crippen LogP contribution in [0.2, 0.25) is 0 Å². The van der Waals surface area contributed by atoms with Gasteiger partial charge >= 0.3 is 0 Å². The Kier molecular flexibility index (Phi) is 3.04. The summed E-state index contributed by atoms with van der Waals surface area (Å²) in [5.74, 6) is 0.493. The number of benzene rings is 1. The van der Waals surface area contributed by atoms with Gasteiger partial charge in [0.1, 0.15) is 0 Å². The lowest BCUT2D eigenvalue weighted by Gasteiger charge is -2.00. The number of nitrogens with zero attached hydrogens (tertiary/aromatic N) is 2. The smallest absolute Gasteiger partial charge is 0.185 e. The molecule has 17 heavy (non-hydrogen) atoms. The summed E-state index contributed by atoms with van der Waals surface area (Å²) in [7, 11) is 1.78. The van der Waals surface area contributed by atoms with Gasteiger partial charge in [0.25, 0.3) is 0 Å². The number of aromatic nitrogens is 2. The average Bonchev–Trinajstić information content (AvgIpc) is 2.66. The number of hydrogen-bond acceptors (Lipinski definition) is 3. The lowest BCUT2D eigenvalue weighted by Crippen LogP contribution is -1.98. The molecule has 1 aromatic carbocycles. The zero-order valence-electron chi connectivity index (χ0n) is 9.93. The molecule has 0 aliphatic carbocycles. The predicted octanol–water partition coefficient (Wildman–Crippen LogP) is 2.37. The van der Waals surface area contributed by atoms with Crippen molar-refractivity contribution in [1.29, 1.82) is 0 Å². The Morgan fingerprint density at radius 3 is 2.88 bits per heavy atom. The fourth-order valence-electron chi connectivity index (χ4n) is 1.87. The molecular formula is C13H14N2O2. The fourth-order valence-corrected chi connectivity index (χ4v) is 1.87. The van der Waals surface area contributed by atoms with Crippen molar-refractivity contribution in [2.24, 2.45) is 7.05 Å². The molecule has 4 nitrogen and oxygen atoms in total. The number of carbonyl (C=O) groups is 2. The number of fused-ring (bicyclic) bond motifs is 1. The summed E-state index contributed by atoms with van der Waals surface area (Å²) in [5.41, 5.74) is 2.21. The molecule has 0 aliphatic heterocycles. The second-order valence-corrected chi connectivity index (χ2v) is 4.02. The van der Waals surface area contributed by atoms with Crippen molar-refractivity contribution in [3.63, 3.8) is 0 Å². The van der Waals surface area contributed by atoms with E-state index in [1.807, 2.05) is 13.0 Å². The van der Waals surface area contributed by atoms with E-state index >= 15 is 0 Å². The van der Waals surface area contributed by atoms with Gasteiger partial charge in [-0.1, -0.05) is 6.92 Å². The Labute approximate surface area is 99.3 Å². The minimum absolute atomic E-state index is 0.118. The van der Waals surface area contributed by atoms with Gasteiger partial charge in [0, 0.05) is 19.0 Å². The van der Waals surface area contributed by atoms with Crippen molar-refractivity contribution in [3.05, 3.63) is 29.6 Å². The van der Waals surface area contributed by atoms with Crippen LogP contribution in [0.3, 0.4) is 0 Å². The zero-order valence-corrected chi connectivity index (χ0v) is 9.93. The van der Waals surface area contributed by atoms with E-state index in [0.29, 0.717) is 29.6 Å². The van der Waals surface area contributed by atoms with E-state index < -0.39 is 0 Å². The number of ketones is 1. The van der Waals surface area contributed by atoms with Crippen LogP contribution < -0.4 is 0 Å². The van der Waals surface area contributed by atoms with Crippen LogP contribution in [0.1, 0.15) is 40.7 Å². The van der Waals surface area contributed by atoms with E-state index in [4.69, 9.17) is 0 Å². The third-order valence-corrected chi connectivity index (χ3v) is 2.82. The Morgan fingerprint density at radius 2 is 2.24 bits per heavy atom. The highest BCUT2D eigenvalue weighted by atomic mass is 16.1. The van der Waals surface area contributed by atoms with Gasteiger partial charge in [0.15, 0.2) is 17.9 Å². The minimum atomic E-state index is 0.118. The molecular weight excluding hydrogens is 216 g/mol. The Balaban J connectivity index is 2.51. The molecule has 88 valence electrons. The summed E-state index contributed by atoms with van der Waals surface area (Å²) in [6, 6.07) is 5.37. The molecule has 0 aliphatic rings. The first-order valence-corrected chi connectivity index (χ1v) is 5.62. The molecule has 0 saturated heterocycles. The number of hydrogen-bond donors (Lipinski definition) is 0. The average molecular weight is 230 g/mol. The van der Waals surface area contributed by atoms with Crippen LogP contribution in [-0.4, -0.2) is 21.6 Å². The van der Waals surface area contributed by atoms with Crippen molar-refractivity contribution >= 4 is 23.1 Å². The van der Waals surface area contributed by atoms with Gasteiger partial charge in [-0.15, -0.1) is 0 Å². The molecule has 0 fully saturated rings. The largest absolute Gasteiger partial charge is 0.325 e. The first-order chi connectivity index (χ1) is 8.17. The van der Waals surface area contributed by atoms with E-state index in [0.717, 1.165) is 11.9 Å². The normalized spacial score (nSPS) is 10.7. The summed E-state index contributed by atoms with van der Waals surface area (Å²) in [4.78, 5) is 26.7. The number of carbonyl (C=O) groups excluding carboxylic acids is 2. The van der Waals surface area contributed by atoms with Gasteiger partial charge in [-0.2, -0.15) is 0 Å². The van der Waals surface area contributed by atoms with Gasteiger partial charge < -0.3 is 4.57 Å². The van der Waals surface area contributed by atoms with E-state index in [1.54, 1.807) is 23.7 Å². The van der Waals surface area contributed by atoms with Gasteiger partial charge in [-0.25, -0.2) is 4.98 Å². The lowest BCUT2D eigenvalue weighted by molar-refractivity contribution is 0.0981. The SMILES string of the molecule is CCCC(=O)c1ccc2c(c1)nc(C=O)n2C.